The van der Waals surface area contributed by atoms with Crippen molar-refractivity contribution in [2.75, 3.05) is 18.9 Å². The Morgan fingerprint density at radius 2 is 2.00 bits per heavy atom. The molecule has 1 fully saturated rings. The predicted molar refractivity (Wildman–Crippen MR) is 123 cm³/mol. The minimum Gasteiger partial charge on any atom is -0.462 e. The summed E-state index contributed by atoms with van der Waals surface area (Å²) >= 11 is 0.932. The van der Waals surface area contributed by atoms with E-state index in [1.807, 2.05) is 13.8 Å². The third kappa shape index (κ3) is 7.20. The van der Waals surface area contributed by atoms with Crippen molar-refractivity contribution in [1.82, 2.24) is 9.97 Å². The van der Waals surface area contributed by atoms with Crippen molar-refractivity contribution in [1.29, 1.82) is 0 Å². The molecule has 0 bridgehead atoms. The Hall–Kier alpha value is -2.12. The number of thioether (sulfide) groups is 1. The Bertz CT molecular complexity index is 833. The standard InChI is InChI=1S/C18H29N5O6S.C2H6/c1-7(2)13(20)17(27)28-6-12-14(25)9(5-24)11(29-12)4-10-15(30-8(3)19)16(26)23-18(21)22-10;1-2/h7,9,11-14,24-25H,3-6,19-20H2,1-2H3,(H3,21,22,23,26);1-2H3/t9-,11-,12?,13-,14-;/m0./s1. The molecule has 0 aliphatic carbocycles. The van der Waals surface area contributed by atoms with Gasteiger partial charge in [0.05, 0.1) is 29.5 Å². The predicted octanol–water partition coefficient (Wildman–Crippen LogP) is -0.294. The smallest absolute Gasteiger partial charge is 0.323 e. The van der Waals surface area contributed by atoms with E-state index in [9.17, 15) is 19.8 Å². The van der Waals surface area contributed by atoms with Crippen molar-refractivity contribution < 1.29 is 24.5 Å². The van der Waals surface area contributed by atoms with E-state index in [-0.39, 0.29) is 41.4 Å². The molecule has 0 spiro atoms. The van der Waals surface area contributed by atoms with E-state index in [0.717, 1.165) is 11.8 Å². The summed E-state index contributed by atoms with van der Waals surface area (Å²) in [5.74, 6) is -1.48. The van der Waals surface area contributed by atoms with Crippen LogP contribution < -0.4 is 22.8 Å². The van der Waals surface area contributed by atoms with Crippen LogP contribution in [0.3, 0.4) is 0 Å². The van der Waals surface area contributed by atoms with Crippen LogP contribution in [0.15, 0.2) is 21.3 Å². The molecule has 12 heteroatoms. The van der Waals surface area contributed by atoms with Crippen molar-refractivity contribution in [2.24, 2.45) is 23.3 Å². The number of nitrogen functional groups attached to an aromatic ring is 1. The molecular formula is C20H35N5O6S. The highest BCUT2D eigenvalue weighted by molar-refractivity contribution is 8.03. The van der Waals surface area contributed by atoms with Crippen LogP contribution in [0.1, 0.15) is 33.4 Å². The highest BCUT2D eigenvalue weighted by atomic mass is 32.2. The number of carbonyl (C=O) groups is 1. The molecule has 32 heavy (non-hydrogen) atoms. The molecule has 0 aromatic carbocycles. The van der Waals surface area contributed by atoms with Crippen LogP contribution >= 0.6 is 11.8 Å². The van der Waals surface area contributed by atoms with Crippen LogP contribution in [-0.4, -0.2) is 63.7 Å². The van der Waals surface area contributed by atoms with Gasteiger partial charge in [-0.05, 0) is 5.92 Å². The Morgan fingerprint density at radius 1 is 1.38 bits per heavy atom. The minimum absolute atomic E-state index is 0.0714. The number of ether oxygens (including phenoxy) is 2. The normalized spacial score (nSPS) is 23.4. The van der Waals surface area contributed by atoms with Gasteiger partial charge in [0.15, 0.2) is 0 Å². The number of esters is 1. The number of nitrogens with one attached hydrogen (secondary N) is 1. The minimum atomic E-state index is -1.09. The molecule has 1 aliphatic heterocycles. The summed E-state index contributed by atoms with van der Waals surface area (Å²) in [7, 11) is 0. The molecule has 2 rings (SSSR count). The first-order chi connectivity index (χ1) is 15.0. The number of nitrogens with two attached hydrogens (primary N) is 3. The zero-order valence-corrected chi connectivity index (χ0v) is 19.7. The average molecular weight is 474 g/mol. The van der Waals surface area contributed by atoms with Crippen molar-refractivity contribution in [2.45, 2.75) is 63.4 Å². The number of anilines is 1. The van der Waals surface area contributed by atoms with Crippen LogP contribution in [0.2, 0.25) is 0 Å². The topological polar surface area (TPSA) is 200 Å². The lowest BCUT2D eigenvalue weighted by atomic mass is 9.94. The molecular weight excluding hydrogens is 438 g/mol. The first kappa shape index (κ1) is 27.9. The van der Waals surface area contributed by atoms with Gasteiger partial charge in [-0.1, -0.05) is 46.0 Å². The highest BCUT2D eigenvalue weighted by Crippen LogP contribution is 2.32. The SMILES string of the molecule is C=C(N)Sc1c(C[C@@H]2OC(COC(=O)[C@@H](N)C(C)C)[C@@H](O)[C@H]2CO)nc(N)[nH]c1=O.CC. The molecule has 1 aliphatic rings. The van der Waals surface area contributed by atoms with Crippen LogP contribution in [0.25, 0.3) is 0 Å². The fourth-order valence-corrected chi connectivity index (χ4v) is 3.74. The number of hydrogen-bond donors (Lipinski definition) is 6. The number of aliphatic hydroxyl groups is 2. The Balaban J connectivity index is 0.00000249. The first-order valence-electron chi connectivity index (χ1n) is 10.4. The summed E-state index contributed by atoms with van der Waals surface area (Å²) in [6.07, 6.45) is -2.59. The maximum atomic E-state index is 12.2. The lowest BCUT2D eigenvalue weighted by molar-refractivity contribution is -0.151. The number of aromatic amines is 1. The molecule has 0 saturated carbocycles. The molecule has 1 aromatic rings. The van der Waals surface area contributed by atoms with Gasteiger partial charge in [-0.15, -0.1) is 0 Å². The van der Waals surface area contributed by atoms with Crippen LogP contribution in [0.4, 0.5) is 5.95 Å². The van der Waals surface area contributed by atoms with Gasteiger partial charge in [0.2, 0.25) is 5.95 Å². The lowest BCUT2D eigenvalue weighted by Gasteiger charge is -2.19. The number of aromatic nitrogens is 2. The number of carbonyl (C=O) groups excluding carboxylic acids is 1. The summed E-state index contributed by atoms with van der Waals surface area (Å²) in [5, 5.41) is 20.5. The zero-order valence-electron chi connectivity index (χ0n) is 18.9. The van der Waals surface area contributed by atoms with Gasteiger partial charge in [0, 0.05) is 12.3 Å². The first-order valence-corrected chi connectivity index (χ1v) is 11.2. The lowest BCUT2D eigenvalue weighted by Crippen LogP contribution is -2.40. The number of nitrogens with zero attached hydrogens (tertiary/aromatic N) is 1. The van der Waals surface area contributed by atoms with Crippen LogP contribution in [-0.2, 0) is 20.7 Å². The monoisotopic (exact) mass is 473 g/mol. The van der Waals surface area contributed by atoms with Crippen molar-refractivity contribution >= 4 is 23.7 Å². The van der Waals surface area contributed by atoms with Crippen molar-refractivity contribution in [3.05, 3.63) is 27.7 Å². The second kappa shape index (κ2) is 12.8. The molecule has 9 N–H and O–H groups in total. The quantitative estimate of drug-likeness (QED) is 0.203. The summed E-state index contributed by atoms with van der Waals surface area (Å²) in [5.41, 5.74) is 16.8. The van der Waals surface area contributed by atoms with E-state index >= 15 is 0 Å². The molecule has 2 heterocycles. The Kier molecular flexibility index (Phi) is 11.2. The van der Waals surface area contributed by atoms with Crippen LogP contribution in [0, 0.1) is 11.8 Å². The van der Waals surface area contributed by atoms with Gasteiger partial charge in [-0.3, -0.25) is 14.6 Å². The molecule has 0 amide bonds. The zero-order chi connectivity index (χ0) is 24.6. The molecule has 11 nitrogen and oxygen atoms in total. The Morgan fingerprint density at radius 3 is 2.53 bits per heavy atom. The second-order valence-electron chi connectivity index (χ2n) is 7.45. The molecule has 0 radical (unpaired) electrons. The average Bonchev–Trinajstić information content (AvgIpc) is 3.03. The summed E-state index contributed by atoms with van der Waals surface area (Å²) in [4.78, 5) is 31.0. The van der Waals surface area contributed by atoms with Gasteiger partial charge in [-0.2, -0.15) is 0 Å². The van der Waals surface area contributed by atoms with E-state index in [4.69, 9.17) is 26.7 Å². The summed E-state index contributed by atoms with van der Waals surface area (Å²) < 4.78 is 11.0. The van der Waals surface area contributed by atoms with E-state index in [2.05, 4.69) is 16.5 Å². The maximum absolute atomic E-state index is 12.2. The van der Waals surface area contributed by atoms with Crippen molar-refractivity contribution in [3.63, 3.8) is 0 Å². The summed E-state index contributed by atoms with van der Waals surface area (Å²) in [6.45, 7) is 10.5. The maximum Gasteiger partial charge on any atom is 0.323 e. The number of hydrogen-bond acceptors (Lipinski definition) is 11. The van der Waals surface area contributed by atoms with E-state index < -0.39 is 41.8 Å². The van der Waals surface area contributed by atoms with Gasteiger partial charge >= 0.3 is 5.97 Å². The Labute approximate surface area is 191 Å². The largest absolute Gasteiger partial charge is 0.462 e. The highest BCUT2D eigenvalue weighted by Gasteiger charge is 2.44. The third-order valence-electron chi connectivity index (χ3n) is 4.83. The van der Waals surface area contributed by atoms with Gasteiger partial charge in [0.25, 0.3) is 5.56 Å². The van der Waals surface area contributed by atoms with Crippen molar-refractivity contribution in [3.8, 4) is 0 Å². The molecule has 1 unspecified atom stereocenters. The molecule has 1 saturated heterocycles. The molecule has 5 atom stereocenters. The van der Waals surface area contributed by atoms with E-state index in [0.29, 0.717) is 5.69 Å². The molecule has 1 aromatic heterocycles. The van der Waals surface area contributed by atoms with Gasteiger partial charge in [-0.25, -0.2) is 4.98 Å². The number of aliphatic hydroxyl groups excluding tert-OH is 2. The fraction of sp³-hybridized carbons (Fsp3) is 0.650. The number of rotatable bonds is 9. The van der Waals surface area contributed by atoms with Gasteiger partial charge < -0.3 is 36.9 Å². The third-order valence-corrected chi connectivity index (χ3v) is 5.72. The van der Waals surface area contributed by atoms with E-state index in [1.54, 1.807) is 13.8 Å². The fourth-order valence-electron chi connectivity index (χ4n) is 3.09. The number of H-pyrrole nitrogens is 1. The van der Waals surface area contributed by atoms with Gasteiger partial charge in [0.1, 0.15) is 23.6 Å². The molecule has 182 valence electrons. The second-order valence-corrected chi connectivity index (χ2v) is 8.59. The van der Waals surface area contributed by atoms with Crippen LogP contribution in [0.5, 0.6) is 0 Å². The summed E-state index contributed by atoms with van der Waals surface area (Å²) in [6, 6.07) is -0.792. The van der Waals surface area contributed by atoms with E-state index in [1.165, 1.54) is 0 Å².